The van der Waals surface area contributed by atoms with Crippen molar-refractivity contribution >= 4 is 11.0 Å². The van der Waals surface area contributed by atoms with Crippen molar-refractivity contribution in [2.24, 2.45) is 11.3 Å². The molecule has 0 aliphatic heterocycles. The highest BCUT2D eigenvalue weighted by atomic mass is 16.5. The molecule has 0 bridgehead atoms. The zero-order valence-corrected chi connectivity index (χ0v) is 14.9. The summed E-state index contributed by atoms with van der Waals surface area (Å²) in [6.45, 7) is 13.8. The molecule has 1 atom stereocenters. The minimum Gasteiger partial charge on any atom is -0.356 e. The molecule has 22 heavy (non-hydrogen) atoms. The maximum atomic E-state index is 5.63. The van der Waals surface area contributed by atoms with Crippen LogP contribution < -0.4 is 0 Å². The van der Waals surface area contributed by atoms with Gasteiger partial charge in [0.15, 0.2) is 5.58 Å². The third kappa shape index (κ3) is 2.68. The number of fused-ring (bicyclic) bond motifs is 3. The third-order valence-electron chi connectivity index (χ3n) is 5.22. The minimum absolute atomic E-state index is 0.0239. The largest absolute Gasteiger partial charge is 0.356 e. The standard InChI is InChI=1S/C20H29NO/c1-19(2,3)14-8-7-9-15-13(12-14)10-11-16-17(15)18(21-22-16)20(4,5)6/h10-11,14H,7-9,12H2,1-6H3. The lowest BCUT2D eigenvalue weighted by atomic mass is 9.75. The SMILES string of the molecule is CC(C)(C)c1noc2ccc3c(c12)CCCC(C(C)(C)C)C3. The summed E-state index contributed by atoms with van der Waals surface area (Å²) in [5, 5.41) is 5.69. The van der Waals surface area contributed by atoms with E-state index >= 15 is 0 Å². The zero-order chi connectivity index (χ0) is 16.1. The van der Waals surface area contributed by atoms with Gasteiger partial charge in [-0.05, 0) is 54.2 Å². The summed E-state index contributed by atoms with van der Waals surface area (Å²) in [5.74, 6) is 0.754. The summed E-state index contributed by atoms with van der Waals surface area (Å²) in [4.78, 5) is 0. The van der Waals surface area contributed by atoms with Crippen LogP contribution in [0.15, 0.2) is 16.7 Å². The smallest absolute Gasteiger partial charge is 0.167 e. The number of aromatic nitrogens is 1. The molecule has 1 heterocycles. The highest BCUT2D eigenvalue weighted by Gasteiger charge is 2.30. The summed E-state index contributed by atoms with van der Waals surface area (Å²) in [6.07, 6.45) is 4.92. The molecule has 2 nitrogen and oxygen atoms in total. The Bertz CT molecular complexity index is 682. The van der Waals surface area contributed by atoms with Gasteiger partial charge in [-0.15, -0.1) is 0 Å². The van der Waals surface area contributed by atoms with Gasteiger partial charge in [-0.25, -0.2) is 0 Å². The summed E-state index contributed by atoms with van der Waals surface area (Å²) >= 11 is 0. The van der Waals surface area contributed by atoms with E-state index in [9.17, 15) is 0 Å². The van der Waals surface area contributed by atoms with Crippen LogP contribution in [0.1, 0.15) is 71.2 Å². The van der Waals surface area contributed by atoms with E-state index in [1.807, 2.05) is 0 Å². The van der Waals surface area contributed by atoms with Crippen LogP contribution in [-0.2, 0) is 18.3 Å². The van der Waals surface area contributed by atoms with Crippen molar-refractivity contribution in [1.29, 1.82) is 0 Å². The van der Waals surface area contributed by atoms with Gasteiger partial charge in [0, 0.05) is 10.8 Å². The monoisotopic (exact) mass is 299 g/mol. The average molecular weight is 299 g/mol. The predicted molar refractivity (Wildman–Crippen MR) is 92.3 cm³/mol. The van der Waals surface area contributed by atoms with Crippen LogP contribution in [0.25, 0.3) is 11.0 Å². The summed E-state index contributed by atoms with van der Waals surface area (Å²) in [6, 6.07) is 4.40. The van der Waals surface area contributed by atoms with Crippen LogP contribution in [0.3, 0.4) is 0 Å². The van der Waals surface area contributed by atoms with Gasteiger partial charge in [0.2, 0.25) is 0 Å². The molecule has 2 aromatic rings. The van der Waals surface area contributed by atoms with Gasteiger partial charge in [-0.3, -0.25) is 0 Å². The molecule has 1 aromatic heterocycles. The number of aryl methyl sites for hydroxylation is 1. The van der Waals surface area contributed by atoms with Gasteiger partial charge in [0.05, 0.1) is 5.69 Å². The van der Waals surface area contributed by atoms with Crippen molar-refractivity contribution in [1.82, 2.24) is 5.16 Å². The lowest BCUT2D eigenvalue weighted by molar-refractivity contribution is 0.224. The Morgan fingerprint density at radius 2 is 1.82 bits per heavy atom. The van der Waals surface area contributed by atoms with Crippen LogP contribution >= 0.6 is 0 Å². The first-order chi connectivity index (χ1) is 10.2. The highest BCUT2D eigenvalue weighted by molar-refractivity contribution is 5.85. The van der Waals surface area contributed by atoms with E-state index in [4.69, 9.17) is 4.52 Å². The Kier molecular flexibility index (Phi) is 3.62. The second-order valence-electron chi connectivity index (χ2n) is 9.02. The van der Waals surface area contributed by atoms with E-state index in [-0.39, 0.29) is 5.41 Å². The second kappa shape index (κ2) is 5.11. The fourth-order valence-electron chi connectivity index (χ4n) is 3.77. The van der Waals surface area contributed by atoms with E-state index in [0.29, 0.717) is 5.41 Å². The van der Waals surface area contributed by atoms with Gasteiger partial charge in [-0.1, -0.05) is 52.8 Å². The number of benzene rings is 1. The van der Waals surface area contributed by atoms with Crippen LogP contribution in [0.5, 0.6) is 0 Å². The van der Waals surface area contributed by atoms with Crippen molar-refractivity contribution in [2.75, 3.05) is 0 Å². The zero-order valence-electron chi connectivity index (χ0n) is 14.9. The lowest BCUT2D eigenvalue weighted by Gasteiger charge is -2.30. The first-order valence-corrected chi connectivity index (χ1v) is 8.58. The molecule has 0 radical (unpaired) electrons. The van der Waals surface area contributed by atoms with Crippen molar-refractivity contribution in [3.8, 4) is 0 Å². The molecular weight excluding hydrogens is 270 g/mol. The van der Waals surface area contributed by atoms with Crippen molar-refractivity contribution in [3.05, 3.63) is 29.0 Å². The molecule has 1 aromatic carbocycles. The Morgan fingerprint density at radius 3 is 2.45 bits per heavy atom. The number of nitrogens with zero attached hydrogens (tertiary/aromatic N) is 1. The molecule has 1 unspecified atom stereocenters. The van der Waals surface area contributed by atoms with E-state index in [2.05, 4.69) is 58.8 Å². The van der Waals surface area contributed by atoms with Crippen LogP contribution in [0.2, 0.25) is 0 Å². The van der Waals surface area contributed by atoms with Crippen LogP contribution in [0, 0.1) is 11.3 Å². The Labute approximate surface area is 134 Å². The maximum Gasteiger partial charge on any atom is 0.167 e. The average Bonchev–Trinajstić information content (AvgIpc) is 2.70. The highest BCUT2D eigenvalue weighted by Crippen LogP contribution is 2.40. The molecule has 0 fully saturated rings. The quantitative estimate of drug-likeness (QED) is 0.586. The third-order valence-corrected chi connectivity index (χ3v) is 5.22. The summed E-state index contributed by atoms with van der Waals surface area (Å²) in [5.41, 5.74) is 5.48. The Morgan fingerprint density at radius 1 is 1.09 bits per heavy atom. The number of rotatable bonds is 0. The normalized spacial score (nSPS) is 20.0. The topological polar surface area (TPSA) is 26.0 Å². The van der Waals surface area contributed by atoms with Crippen LogP contribution in [-0.4, -0.2) is 5.16 Å². The van der Waals surface area contributed by atoms with Gasteiger partial charge in [0.1, 0.15) is 0 Å². The molecule has 0 spiro atoms. The molecule has 1 aliphatic rings. The molecule has 1 aliphatic carbocycles. The molecule has 120 valence electrons. The van der Waals surface area contributed by atoms with Crippen molar-refractivity contribution in [2.45, 2.75) is 72.6 Å². The number of hydrogen-bond donors (Lipinski definition) is 0. The fourth-order valence-corrected chi connectivity index (χ4v) is 3.77. The molecule has 0 saturated carbocycles. The molecular formula is C20H29NO. The summed E-state index contributed by atoms with van der Waals surface area (Å²) in [7, 11) is 0. The fraction of sp³-hybridized carbons (Fsp3) is 0.650. The summed E-state index contributed by atoms with van der Waals surface area (Å²) < 4.78 is 5.63. The molecule has 3 rings (SSSR count). The van der Waals surface area contributed by atoms with Crippen molar-refractivity contribution < 1.29 is 4.52 Å². The Balaban J connectivity index is 2.15. The first-order valence-electron chi connectivity index (χ1n) is 8.58. The number of hydrogen-bond acceptors (Lipinski definition) is 2. The van der Waals surface area contributed by atoms with E-state index in [1.54, 1.807) is 0 Å². The van der Waals surface area contributed by atoms with E-state index in [0.717, 1.165) is 23.6 Å². The van der Waals surface area contributed by atoms with Gasteiger partial charge in [0.25, 0.3) is 0 Å². The first kappa shape index (κ1) is 15.6. The Hall–Kier alpha value is -1.31. The molecule has 0 N–H and O–H groups in total. The van der Waals surface area contributed by atoms with E-state index < -0.39 is 0 Å². The van der Waals surface area contributed by atoms with Crippen molar-refractivity contribution in [3.63, 3.8) is 0 Å². The lowest BCUT2D eigenvalue weighted by Crippen LogP contribution is -2.22. The molecule has 0 saturated heterocycles. The minimum atomic E-state index is 0.0239. The molecule has 0 amide bonds. The van der Waals surface area contributed by atoms with Gasteiger partial charge in [-0.2, -0.15) is 0 Å². The maximum absolute atomic E-state index is 5.63. The van der Waals surface area contributed by atoms with Crippen LogP contribution in [0.4, 0.5) is 0 Å². The van der Waals surface area contributed by atoms with E-state index in [1.165, 1.54) is 35.8 Å². The molecule has 2 heteroatoms. The predicted octanol–water partition coefficient (Wildman–Crippen LogP) is 5.67. The second-order valence-corrected chi connectivity index (χ2v) is 9.02. The van der Waals surface area contributed by atoms with Gasteiger partial charge >= 0.3 is 0 Å². The van der Waals surface area contributed by atoms with Gasteiger partial charge < -0.3 is 4.52 Å².